The molecule has 0 amide bonds. The Bertz CT molecular complexity index is 739. The number of carboxylic acids is 1. The van der Waals surface area contributed by atoms with Crippen molar-refractivity contribution >= 4 is 11.9 Å². The minimum absolute atomic E-state index is 0.0934. The van der Waals surface area contributed by atoms with E-state index in [-0.39, 0.29) is 31.0 Å². The second-order valence-electron chi connectivity index (χ2n) is 6.28. The maximum Gasteiger partial charge on any atom is 0.323 e. The van der Waals surface area contributed by atoms with E-state index in [1.165, 1.54) is 6.20 Å². The number of hydrogen-bond donors (Lipinski definition) is 3. The first-order valence-electron chi connectivity index (χ1n) is 8.63. The Kier molecular flexibility index (Phi) is 6.91. The Labute approximate surface area is 152 Å². The minimum Gasteiger partial charge on any atom is -0.481 e. The van der Waals surface area contributed by atoms with E-state index in [0.717, 1.165) is 17.5 Å². The predicted octanol–water partition coefficient (Wildman–Crippen LogP) is 2.38. The number of imidazole rings is 1. The Morgan fingerprint density at radius 3 is 2.58 bits per heavy atom. The Balaban J connectivity index is 1.96. The standard InChI is InChI=1S/C19H25N3O4/c1-4-12(2)17(20-3)19(25)26-11-13-5-7-14(8-6-13)18-21-10-15(22-18)9-16(23)24/h5-8,10,12,17,20H,4,9,11H2,1-3H3,(H,21,22)(H,23,24)/t12-,17-/m0/s1. The van der Waals surface area contributed by atoms with E-state index in [9.17, 15) is 9.59 Å². The zero-order chi connectivity index (χ0) is 19.1. The number of carbonyl (C=O) groups excluding carboxylic acids is 1. The summed E-state index contributed by atoms with van der Waals surface area (Å²) in [5.41, 5.74) is 2.26. The Morgan fingerprint density at radius 2 is 2.00 bits per heavy atom. The van der Waals surface area contributed by atoms with Gasteiger partial charge in [-0.25, -0.2) is 4.98 Å². The molecule has 1 aromatic heterocycles. The first-order valence-corrected chi connectivity index (χ1v) is 8.63. The number of H-pyrrole nitrogens is 1. The van der Waals surface area contributed by atoms with Crippen LogP contribution in [0.4, 0.5) is 0 Å². The van der Waals surface area contributed by atoms with Crippen LogP contribution < -0.4 is 5.32 Å². The molecular formula is C19H25N3O4. The summed E-state index contributed by atoms with van der Waals surface area (Å²) in [6.07, 6.45) is 2.32. The van der Waals surface area contributed by atoms with Gasteiger partial charge >= 0.3 is 11.9 Å². The number of carbonyl (C=O) groups is 2. The molecule has 3 N–H and O–H groups in total. The molecule has 7 nitrogen and oxygen atoms in total. The maximum absolute atomic E-state index is 12.2. The van der Waals surface area contributed by atoms with E-state index >= 15 is 0 Å². The van der Waals surface area contributed by atoms with Gasteiger partial charge in [0.15, 0.2) is 0 Å². The average Bonchev–Trinajstić information content (AvgIpc) is 3.08. The second-order valence-corrected chi connectivity index (χ2v) is 6.28. The number of nitrogens with zero attached hydrogens (tertiary/aromatic N) is 1. The van der Waals surface area contributed by atoms with Gasteiger partial charge in [0.2, 0.25) is 0 Å². The smallest absolute Gasteiger partial charge is 0.323 e. The van der Waals surface area contributed by atoms with Crippen LogP contribution in [0.3, 0.4) is 0 Å². The minimum atomic E-state index is -0.908. The van der Waals surface area contributed by atoms with E-state index in [1.807, 2.05) is 38.1 Å². The number of hydrogen-bond acceptors (Lipinski definition) is 5. The van der Waals surface area contributed by atoms with Crippen molar-refractivity contribution in [2.45, 2.75) is 39.3 Å². The molecule has 0 bridgehead atoms. The lowest BCUT2D eigenvalue weighted by Crippen LogP contribution is -2.40. The molecule has 2 atom stereocenters. The molecule has 0 saturated carbocycles. The summed E-state index contributed by atoms with van der Waals surface area (Å²) in [6.45, 7) is 4.26. The van der Waals surface area contributed by atoms with Gasteiger partial charge in [-0.3, -0.25) is 9.59 Å². The molecule has 0 spiro atoms. The van der Waals surface area contributed by atoms with Crippen LogP contribution in [0.25, 0.3) is 11.4 Å². The van der Waals surface area contributed by atoms with E-state index in [0.29, 0.717) is 11.5 Å². The third-order valence-electron chi connectivity index (χ3n) is 4.36. The van der Waals surface area contributed by atoms with Crippen molar-refractivity contribution < 1.29 is 19.4 Å². The molecule has 0 unspecified atom stereocenters. The van der Waals surface area contributed by atoms with Crippen LogP contribution in [0, 0.1) is 5.92 Å². The molecule has 2 aromatic rings. The fourth-order valence-electron chi connectivity index (χ4n) is 2.63. The molecule has 2 rings (SSSR count). The van der Waals surface area contributed by atoms with Crippen molar-refractivity contribution in [2.24, 2.45) is 5.92 Å². The van der Waals surface area contributed by atoms with E-state index in [2.05, 4.69) is 15.3 Å². The van der Waals surface area contributed by atoms with Gasteiger partial charge in [0.05, 0.1) is 6.42 Å². The molecular weight excluding hydrogens is 334 g/mol. The first-order chi connectivity index (χ1) is 12.4. The lowest BCUT2D eigenvalue weighted by molar-refractivity contribution is -0.148. The molecule has 0 fully saturated rings. The number of benzene rings is 1. The number of nitrogens with one attached hydrogen (secondary N) is 2. The summed E-state index contributed by atoms with van der Waals surface area (Å²) < 4.78 is 5.41. The highest BCUT2D eigenvalue weighted by Gasteiger charge is 2.23. The zero-order valence-corrected chi connectivity index (χ0v) is 15.3. The zero-order valence-electron chi connectivity index (χ0n) is 15.3. The second kappa shape index (κ2) is 9.15. The number of aromatic nitrogens is 2. The molecule has 0 radical (unpaired) electrons. The third-order valence-corrected chi connectivity index (χ3v) is 4.36. The summed E-state index contributed by atoms with van der Waals surface area (Å²) in [5, 5.41) is 11.8. The number of rotatable bonds is 9. The van der Waals surface area contributed by atoms with Gasteiger partial charge in [-0.1, -0.05) is 44.5 Å². The molecule has 140 valence electrons. The number of carboxylic acid groups (broad SMARTS) is 1. The molecule has 26 heavy (non-hydrogen) atoms. The molecule has 7 heteroatoms. The van der Waals surface area contributed by atoms with Crippen molar-refractivity contribution in [2.75, 3.05) is 7.05 Å². The molecule has 0 aliphatic carbocycles. The third kappa shape index (κ3) is 5.16. The number of ether oxygens (including phenoxy) is 1. The normalized spacial score (nSPS) is 13.2. The predicted molar refractivity (Wildman–Crippen MR) is 97.5 cm³/mol. The number of esters is 1. The van der Waals surface area contributed by atoms with Gasteiger partial charge in [0, 0.05) is 17.5 Å². The quantitative estimate of drug-likeness (QED) is 0.594. The van der Waals surface area contributed by atoms with Crippen LogP contribution in [0.5, 0.6) is 0 Å². The summed E-state index contributed by atoms with van der Waals surface area (Å²) in [6, 6.07) is 7.13. The monoisotopic (exact) mass is 359 g/mol. The van der Waals surface area contributed by atoms with Crippen molar-refractivity contribution in [1.82, 2.24) is 15.3 Å². The van der Waals surface area contributed by atoms with Gasteiger partial charge in [0.1, 0.15) is 18.5 Å². The summed E-state index contributed by atoms with van der Waals surface area (Å²) >= 11 is 0. The first kappa shape index (κ1) is 19.7. The van der Waals surface area contributed by atoms with Gasteiger partial charge in [-0.15, -0.1) is 0 Å². The highest BCUT2D eigenvalue weighted by atomic mass is 16.5. The summed E-state index contributed by atoms with van der Waals surface area (Å²) in [4.78, 5) is 30.1. The largest absolute Gasteiger partial charge is 0.481 e. The van der Waals surface area contributed by atoms with E-state index in [4.69, 9.17) is 9.84 Å². The van der Waals surface area contributed by atoms with Crippen molar-refractivity contribution in [3.05, 3.63) is 41.7 Å². The van der Waals surface area contributed by atoms with Crippen LogP contribution in [0.15, 0.2) is 30.5 Å². The number of aliphatic carboxylic acids is 1. The van der Waals surface area contributed by atoms with Gasteiger partial charge in [0.25, 0.3) is 0 Å². The van der Waals surface area contributed by atoms with E-state index < -0.39 is 5.97 Å². The SMILES string of the molecule is CC[C@H](C)[C@H](NC)C(=O)OCc1ccc(-c2ncc(CC(=O)O)[nH]2)cc1. The molecule has 0 saturated heterocycles. The van der Waals surface area contributed by atoms with Crippen molar-refractivity contribution in [1.29, 1.82) is 0 Å². The van der Waals surface area contributed by atoms with Gasteiger partial charge in [-0.05, 0) is 18.5 Å². The average molecular weight is 359 g/mol. The Morgan fingerprint density at radius 1 is 1.31 bits per heavy atom. The molecule has 1 aromatic carbocycles. The van der Waals surface area contributed by atoms with Crippen LogP contribution >= 0.6 is 0 Å². The van der Waals surface area contributed by atoms with Gasteiger partial charge < -0.3 is 20.1 Å². The number of aromatic amines is 1. The van der Waals surface area contributed by atoms with Crippen LogP contribution in [-0.2, 0) is 27.4 Å². The topological polar surface area (TPSA) is 104 Å². The highest BCUT2D eigenvalue weighted by molar-refractivity contribution is 5.76. The lowest BCUT2D eigenvalue weighted by atomic mass is 9.99. The number of likely N-dealkylation sites (N-methyl/N-ethyl adjacent to an activating group) is 1. The van der Waals surface area contributed by atoms with Crippen molar-refractivity contribution in [3.63, 3.8) is 0 Å². The fraction of sp³-hybridized carbons (Fsp3) is 0.421. The fourth-order valence-corrected chi connectivity index (χ4v) is 2.63. The van der Waals surface area contributed by atoms with Crippen molar-refractivity contribution in [3.8, 4) is 11.4 Å². The maximum atomic E-state index is 12.2. The van der Waals surface area contributed by atoms with Crippen LogP contribution in [0.2, 0.25) is 0 Å². The summed E-state index contributed by atoms with van der Waals surface area (Å²) in [5.74, 6) is -0.351. The molecule has 0 aliphatic heterocycles. The lowest BCUT2D eigenvalue weighted by Gasteiger charge is -2.20. The van der Waals surface area contributed by atoms with Crippen LogP contribution in [-0.4, -0.2) is 40.1 Å². The van der Waals surface area contributed by atoms with E-state index in [1.54, 1.807) is 7.05 Å². The Hall–Kier alpha value is -2.67. The highest BCUT2D eigenvalue weighted by Crippen LogP contribution is 2.18. The molecule has 0 aliphatic rings. The molecule has 1 heterocycles. The summed E-state index contributed by atoms with van der Waals surface area (Å²) in [7, 11) is 1.76. The van der Waals surface area contributed by atoms with Gasteiger partial charge in [-0.2, -0.15) is 0 Å². The van der Waals surface area contributed by atoms with Crippen LogP contribution in [0.1, 0.15) is 31.5 Å².